The maximum absolute atomic E-state index is 4.52. The highest BCUT2D eigenvalue weighted by atomic mass is 15.2. The minimum absolute atomic E-state index is 0.637. The average Bonchev–Trinajstić information content (AvgIpc) is 2.78. The van der Waals surface area contributed by atoms with Crippen molar-refractivity contribution in [2.24, 2.45) is 0 Å². The van der Waals surface area contributed by atoms with Crippen molar-refractivity contribution in [3.63, 3.8) is 0 Å². The van der Waals surface area contributed by atoms with E-state index in [1.54, 1.807) is 0 Å². The molecule has 3 rings (SSSR count). The number of fused-ring (bicyclic) bond motifs is 1. The Balaban J connectivity index is 1.60. The molecule has 2 atom stereocenters. The summed E-state index contributed by atoms with van der Waals surface area (Å²) in [6.45, 7) is 4.49. The number of pyridine rings is 1. The van der Waals surface area contributed by atoms with Gasteiger partial charge in [0.25, 0.3) is 0 Å². The molecule has 2 aromatic rings. The van der Waals surface area contributed by atoms with Gasteiger partial charge in [-0.25, -0.2) is 0 Å². The fourth-order valence-corrected chi connectivity index (χ4v) is 3.12. The first kappa shape index (κ1) is 13.5. The molecule has 1 aliphatic rings. The van der Waals surface area contributed by atoms with Crippen molar-refractivity contribution in [1.29, 1.82) is 0 Å². The Kier molecular flexibility index (Phi) is 3.99. The smallest absolute Gasteiger partial charge is 0.0734 e. The normalized spacial score (nSPS) is 23.5. The summed E-state index contributed by atoms with van der Waals surface area (Å²) in [6.07, 6.45) is 4.18. The zero-order valence-electron chi connectivity index (χ0n) is 12.3. The lowest BCUT2D eigenvalue weighted by molar-refractivity contribution is 0.327. The zero-order chi connectivity index (χ0) is 13.9. The maximum atomic E-state index is 4.52. The van der Waals surface area contributed by atoms with Gasteiger partial charge in [0.1, 0.15) is 0 Å². The topological polar surface area (TPSA) is 28.2 Å². The maximum Gasteiger partial charge on any atom is 0.0734 e. The van der Waals surface area contributed by atoms with Crippen LogP contribution in [0.2, 0.25) is 0 Å². The van der Waals surface area contributed by atoms with Crippen LogP contribution in [0.3, 0.4) is 0 Å². The van der Waals surface area contributed by atoms with Crippen LogP contribution >= 0.6 is 0 Å². The zero-order valence-corrected chi connectivity index (χ0v) is 12.3. The number of benzene rings is 1. The Hall–Kier alpha value is -1.45. The number of hydrogen-bond donors (Lipinski definition) is 1. The van der Waals surface area contributed by atoms with E-state index in [0.29, 0.717) is 12.1 Å². The van der Waals surface area contributed by atoms with Gasteiger partial charge in [0, 0.05) is 30.2 Å². The lowest BCUT2D eigenvalue weighted by atomic mass is 10.1. The summed E-state index contributed by atoms with van der Waals surface area (Å²) >= 11 is 0. The van der Waals surface area contributed by atoms with Gasteiger partial charge in [-0.15, -0.1) is 0 Å². The van der Waals surface area contributed by atoms with Crippen molar-refractivity contribution >= 4 is 10.9 Å². The van der Waals surface area contributed by atoms with Crippen LogP contribution in [-0.2, 0) is 6.42 Å². The molecule has 0 spiro atoms. The molecule has 0 saturated carbocycles. The standard InChI is InChI=1S/C17H23N3/c1-13-11-16(12-20(13)2)18-10-8-15-6-3-5-14-7-4-9-19-17(14)15/h3-7,9,13,16,18H,8,10-12H2,1-2H3. The van der Waals surface area contributed by atoms with E-state index in [2.05, 4.69) is 53.4 Å². The molecule has 0 amide bonds. The summed E-state index contributed by atoms with van der Waals surface area (Å²) in [7, 11) is 2.21. The number of hydrogen-bond acceptors (Lipinski definition) is 3. The molecule has 1 aromatic heterocycles. The van der Waals surface area contributed by atoms with Crippen LogP contribution < -0.4 is 5.32 Å². The molecule has 1 saturated heterocycles. The van der Waals surface area contributed by atoms with Crippen molar-refractivity contribution in [2.75, 3.05) is 20.1 Å². The lowest BCUT2D eigenvalue weighted by Crippen LogP contribution is -2.33. The molecule has 0 bridgehead atoms. The van der Waals surface area contributed by atoms with E-state index in [0.717, 1.165) is 25.0 Å². The third-order valence-corrected chi connectivity index (χ3v) is 4.43. The van der Waals surface area contributed by atoms with Gasteiger partial charge in [-0.05, 0) is 45.0 Å². The van der Waals surface area contributed by atoms with E-state index in [9.17, 15) is 0 Å². The van der Waals surface area contributed by atoms with E-state index in [1.165, 1.54) is 17.4 Å². The summed E-state index contributed by atoms with van der Waals surface area (Å²) in [5.41, 5.74) is 2.49. The van der Waals surface area contributed by atoms with Gasteiger partial charge in [0.15, 0.2) is 0 Å². The first-order chi connectivity index (χ1) is 9.74. The number of rotatable bonds is 4. The van der Waals surface area contributed by atoms with Crippen LogP contribution in [0.25, 0.3) is 10.9 Å². The molecule has 3 nitrogen and oxygen atoms in total. The van der Waals surface area contributed by atoms with Gasteiger partial charge in [-0.1, -0.05) is 24.3 Å². The summed E-state index contributed by atoms with van der Waals surface area (Å²) in [5.74, 6) is 0. The number of aromatic nitrogens is 1. The fraction of sp³-hybridized carbons (Fsp3) is 0.471. The van der Waals surface area contributed by atoms with Crippen LogP contribution in [0.5, 0.6) is 0 Å². The van der Waals surface area contributed by atoms with E-state index in [-0.39, 0.29) is 0 Å². The van der Waals surface area contributed by atoms with Crippen LogP contribution in [0.15, 0.2) is 36.5 Å². The largest absolute Gasteiger partial charge is 0.312 e. The Morgan fingerprint density at radius 2 is 2.15 bits per heavy atom. The van der Waals surface area contributed by atoms with Crippen LogP contribution in [0, 0.1) is 0 Å². The van der Waals surface area contributed by atoms with Gasteiger partial charge < -0.3 is 10.2 Å². The van der Waals surface area contributed by atoms with Gasteiger partial charge >= 0.3 is 0 Å². The summed E-state index contributed by atoms with van der Waals surface area (Å²) < 4.78 is 0. The van der Waals surface area contributed by atoms with Crippen molar-refractivity contribution in [1.82, 2.24) is 15.2 Å². The number of likely N-dealkylation sites (N-methyl/N-ethyl adjacent to an activating group) is 1. The second-order valence-corrected chi connectivity index (χ2v) is 5.92. The van der Waals surface area contributed by atoms with Crippen LogP contribution in [0.1, 0.15) is 18.9 Å². The molecule has 20 heavy (non-hydrogen) atoms. The molecular formula is C17H23N3. The predicted molar refractivity (Wildman–Crippen MR) is 83.9 cm³/mol. The Morgan fingerprint density at radius 3 is 2.95 bits per heavy atom. The number of nitrogens with zero attached hydrogens (tertiary/aromatic N) is 2. The fourth-order valence-electron chi connectivity index (χ4n) is 3.12. The first-order valence-electron chi connectivity index (χ1n) is 7.50. The number of likely N-dealkylation sites (tertiary alicyclic amines) is 1. The molecule has 0 aliphatic carbocycles. The summed E-state index contributed by atoms with van der Waals surface area (Å²) in [5, 5.41) is 4.92. The van der Waals surface area contributed by atoms with E-state index < -0.39 is 0 Å². The molecule has 1 aromatic carbocycles. The van der Waals surface area contributed by atoms with Gasteiger partial charge in [-0.2, -0.15) is 0 Å². The summed E-state index contributed by atoms with van der Waals surface area (Å²) in [4.78, 5) is 6.95. The van der Waals surface area contributed by atoms with E-state index >= 15 is 0 Å². The number of para-hydroxylation sites is 1. The van der Waals surface area contributed by atoms with Crippen molar-refractivity contribution < 1.29 is 0 Å². The molecule has 106 valence electrons. The Morgan fingerprint density at radius 1 is 1.30 bits per heavy atom. The van der Waals surface area contributed by atoms with Crippen molar-refractivity contribution in [3.8, 4) is 0 Å². The second-order valence-electron chi connectivity index (χ2n) is 5.92. The lowest BCUT2D eigenvalue weighted by Gasteiger charge is -2.13. The molecule has 0 radical (unpaired) electrons. The van der Waals surface area contributed by atoms with E-state index in [1.807, 2.05) is 12.3 Å². The average molecular weight is 269 g/mol. The van der Waals surface area contributed by atoms with Gasteiger partial charge in [0.05, 0.1) is 5.52 Å². The summed E-state index contributed by atoms with van der Waals surface area (Å²) in [6, 6.07) is 11.9. The monoisotopic (exact) mass is 269 g/mol. The minimum atomic E-state index is 0.637. The van der Waals surface area contributed by atoms with Crippen molar-refractivity contribution in [2.45, 2.75) is 31.8 Å². The third-order valence-electron chi connectivity index (χ3n) is 4.43. The number of nitrogens with one attached hydrogen (secondary N) is 1. The van der Waals surface area contributed by atoms with Gasteiger partial charge in [0.2, 0.25) is 0 Å². The van der Waals surface area contributed by atoms with Crippen LogP contribution in [0.4, 0.5) is 0 Å². The van der Waals surface area contributed by atoms with Crippen LogP contribution in [-0.4, -0.2) is 42.1 Å². The first-order valence-corrected chi connectivity index (χ1v) is 7.50. The molecule has 2 heterocycles. The highest BCUT2D eigenvalue weighted by molar-refractivity contribution is 5.81. The molecule has 3 heteroatoms. The third kappa shape index (κ3) is 2.84. The van der Waals surface area contributed by atoms with Gasteiger partial charge in [-0.3, -0.25) is 4.98 Å². The molecule has 1 N–H and O–H groups in total. The highest BCUT2D eigenvalue weighted by Crippen LogP contribution is 2.17. The molecule has 1 aliphatic heterocycles. The minimum Gasteiger partial charge on any atom is -0.312 e. The van der Waals surface area contributed by atoms with E-state index in [4.69, 9.17) is 0 Å². The Labute approximate surface area is 121 Å². The van der Waals surface area contributed by atoms with Crippen molar-refractivity contribution in [3.05, 3.63) is 42.1 Å². The Bertz CT molecular complexity index is 566. The quantitative estimate of drug-likeness (QED) is 0.924. The molecule has 1 fully saturated rings. The molecule has 2 unspecified atom stereocenters. The second kappa shape index (κ2) is 5.90. The highest BCUT2D eigenvalue weighted by Gasteiger charge is 2.25. The molecular weight excluding hydrogens is 246 g/mol. The predicted octanol–water partition coefficient (Wildman–Crippen LogP) is 2.46. The SMILES string of the molecule is CC1CC(NCCc2cccc3cccnc23)CN1C.